The predicted octanol–water partition coefficient (Wildman–Crippen LogP) is 6.41. The molecule has 0 bridgehead atoms. The first-order valence-electron chi connectivity index (χ1n) is 12.9. The first-order chi connectivity index (χ1) is 18.7. The van der Waals surface area contributed by atoms with Gasteiger partial charge in [0.05, 0.1) is 0 Å². The zero-order valence-electron chi connectivity index (χ0n) is 22.3. The van der Waals surface area contributed by atoms with Crippen LogP contribution >= 0.6 is 0 Å². The van der Waals surface area contributed by atoms with Crippen molar-refractivity contribution in [3.8, 4) is 33.4 Å². The van der Waals surface area contributed by atoms with Gasteiger partial charge in [0.1, 0.15) is 0 Å². The smallest absolute Gasteiger partial charge is 2.00 e. The number of benzene rings is 6. The Hall–Kier alpha value is -4.00. The molecule has 0 heterocycles. The van der Waals surface area contributed by atoms with Crippen molar-refractivity contribution < 1.29 is 34.3 Å². The molecule has 0 amide bonds. The van der Waals surface area contributed by atoms with Gasteiger partial charge >= 0.3 is 18.6 Å². The second-order valence-electron chi connectivity index (χ2n) is 9.54. The first-order valence-corrected chi connectivity index (χ1v) is 14.9. The van der Waals surface area contributed by atoms with Gasteiger partial charge in [-0.15, -0.1) is 0 Å². The van der Waals surface area contributed by atoms with Gasteiger partial charge in [-0.2, -0.15) is 0 Å². The minimum absolute atomic E-state index is 0. The van der Waals surface area contributed by atoms with Crippen molar-refractivity contribution in [1.82, 2.24) is 0 Å². The standard InChI is InChI=1S/C36H28OSi.2O.V/c37-38(34-22-16-31(17-23-34)28-10-4-1-5-11-28,35-24-18-32(19-25-35)29-12-6-2-7-13-29)36-26-20-33(21-27-36)30-14-8-3-9-15-30;;;/h1-27,37H;;;/q;2*-2;+4. The summed E-state index contributed by atoms with van der Waals surface area (Å²) < 4.78 is 0. The third-order valence-corrected chi connectivity index (χ3v) is 10.7. The van der Waals surface area contributed by atoms with Crippen LogP contribution in [-0.2, 0) is 29.5 Å². The topological polar surface area (TPSA) is 77.2 Å². The molecule has 0 aliphatic rings. The normalized spacial score (nSPS) is 10.5. The van der Waals surface area contributed by atoms with E-state index in [1.54, 1.807) is 0 Å². The molecule has 5 heteroatoms. The molecule has 199 valence electrons. The molecule has 1 N–H and O–H groups in total. The van der Waals surface area contributed by atoms with Crippen LogP contribution in [-0.4, -0.2) is 13.1 Å². The van der Waals surface area contributed by atoms with Crippen LogP contribution in [0.5, 0.6) is 0 Å². The van der Waals surface area contributed by atoms with Gasteiger partial charge in [0.25, 0.3) is 8.32 Å². The monoisotopic (exact) mass is 587 g/mol. The average Bonchev–Trinajstić information content (AvgIpc) is 3.02. The molecule has 41 heavy (non-hydrogen) atoms. The van der Waals surface area contributed by atoms with Gasteiger partial charge in [-0.3, -0.25) is 0 Å². The molecule has 0 aliphatic carbocycles. The van der Waals surface area contributed by atoms with E-state index in [2.05, 4.69) is 146 Å². The molecule has 0 aromatic heterocycles. The Kier molecular flexibility index (Phi) is 10.8. The maximum absolute atomic E-state index is 12.6. The van der Waals surface area contributed by atoms with Crippen LogP contribution in [0.3, 0.4) is 0 Å². The number of hydrogen-bond donors (Lipinski definition) is 1. The maximum atomic E-state index is 12.6. The van der Waals surface area contributed by atoms with Crippen molar-refractivity contribution in [2.45, 2.75) is 0 Å². The van der Waals surface area contributed by atoms with Crippen LogP contribution in [0.15, 0.2) is 164 Å². The Morgan fingerprint density at radius 3 is 0.707 bits per heavy atom. The quantitative estimate of drug-likeness (QED) is 0.178. The Labute approximate surface area is 254 Å². The molecule has 6 aromatic rings. The second-order valence-corrected chi connectivity index (χ2v) is 12.7. The third kappa shape index (κ3) is 6.50. The van der Waals surface area contributed by atoms with E-state index in [4.69, 9.17) is 0 Å². The summed E-state index contributed by atoms with van der Waals surface area (Å²) in [7, 11) is -3.25. The fourth-order valence-electron chi connectivity index (χ4n) is 5.10. The van der Waals surface area contributed by atoms with E-state index in [0.29, 0.717) is 0 Å². The van der Waals surface area contributed by atoms with E-state index >= 15 is 0 Å². The minimum atomic E-state index is -3.25. The van der Waals surface area contributed by atoms with Crippen molar-refractivity contribution in [3.05, 3.63) is 164 Å². The molecule has 6 rings (SSSR count). The van der Waals surface area contributed by atoms with E-state index in [-0.39, 0.29) is 29.5 Å². The predicted molar refractivity (Wildman–Crippen MR) is 164 cm³/mol. The summed E-state index contributed by atoms with van der Waals surface area (Å²) in [5.74, 6) is 0. The van der Waals surface area contributed by atoms with Crippen molar-refractivity contribution in [1.29, 1.82) is 0 Å². The fourth-order valence-corrected chi connectivity index (χ4v) is 8.05. The summed E-state index contributed by atoms with van der Waals surface area (Å²) in [5, 5.41) is 2.91. The van der Waals surface area contributed by atoms with E-state index in [9.17, 15) is 4.80 Å². The van der Waals surface area contributed by atoms with Gasteiger partial charge in [-0.05, 0) is 48.9 Å². The van der Waals surface area contributed by atoms with Gasteiger partial charge < -0.3 is 15.7 Å². The van der Waals surface area contributed by atoms with Gasteiger partial charge in [0, 0.05) is 0 Å². The Morgan fingerprint density at radius 1 is 0.293 bits per heavy atom. The summed E-state index contributed by atoms with van der Waals surface area (Å²) in [6.07, 6.45) is 0. The molecular weight excluding hydrogens is 559 g/mol. The van der Waals surface area contributed by atoms with Crippen LogP contribution in [0.25, 0.3) is 33.4 Å². The van der Waals surface area contributed by atoms with E-state index in [1.807, 2.05) is 18.2 Å². The molecule has 0 spiro atoms. The summed E-state index contributed by atoms with van der Waals surface area (Å²) >= 11 is 0. The van der Waals surface area contributed by atoms with Crippen LogP contribution < -0.4 is 15.6 Å². The zero-order chi connectivity index (χ0) is 25.8. The van der Waals surface area contributed by atoms with Crippen molar-refractivity contribution in [2.75, 3.05) is 0 Å². The molecule has 1 radical (unpaired) electrons. The Morgan fingerprint density at radius 2 is 0.488 bits per heavy atom. The molecule has 3 nitrogen and oxygen atoms in total. The molecule has 6 aromatic carbocycles. The molecule has 0 atom stereocenters. The number of hydrogen-bond acceptors (Lipinski definition) is 1. The Balaban J connectivity index is 0.00000154. The minimum Gasteiger partial charge on any atom is -2.00 e. The van der Waals surface area contributed by atoms with Gasteiger partial charge in [0.15, 0.2) is 0 Å². The first kappa shape index (κ1) is 31.5. The second kappa shape index (κ2) is 14.1. The maximum Gasteiger partial charge on any atom is 4.00 e. The molecule has 0 saturated carbocycles. The van der Waals surface area contributed by atoms with Crippen molar-refractivity contribution >= 4 is 23.9 Å². The third-order valence-electron chi connectivity index (χ3n) is 7.23. The molecule has 0 aliphatic heterocycles. The summed E-state index contributed by atoms with van der Waals surface area (Å²) in [6, 6.07) is 56.4. The SMILES string of the molecule is O[Si](c1ccc(-c2ccccc2)cc1)(c1ccc(-c2ccccc2)cc1)c1ccc(-c2ccccc2)cc1.[O-2].[O-2].[V+4]. The van der Waals surface area contributed by atoms with Crippen molar-refractivity contribution in [2.24, 2.45) is 0 Å². The van der Waals surface area contributed by atoms with E-state index in [1.165, 1.54) is 16.7 Å². The number of rotatable bonds is 6. The molecular formula is C36H28O3SiV. The largest absolute Gasteiger partial charge is 4.00 e. The molecule has 0 fully saturated rings. The van der Waals surface area contributed by atoms with Crippen molar-refractivity contribution in [3.63, 3.8) is 0 Å². The molecule has 0 saturated heterocycles. The fraction of sp³-hybridized carbons (Fsp3) is 0. The van der Waals surface area contributed by atoms with Gasteiger partial charge in [0.2, 0.25) is 0 Å². The summed E-state index contributed by atoms with van der Waals surface area (Å²) in [5.41, 5.74) is 6.94. The summed E-state index contributed by atoms with van der Waals surface area (Å²) in [6.45, 7) is 0. The molecule has 0 unspecified atom stereocenters. The van der Waals surface area contributed by atoms with Gasteiger partial charge in [-0.25, -0.2) is 0 Å². The van der Waals surface area contributed by atoms with Crippen LogP contribution in [0.1, 0.15) is 0 Å². The van der Waals surface area contributed by atoms with Crippen LogP contribution in [0.2, 0.25) is 0 Å². The van der Waals surface area contributed by atoms with Crippen LogP contribution in [0.4, 0.5) is 0 Å². The van der Waals surface area contributed by atoms with E-state index in [0.717, 1.165) is 32.3 Å². The Bertz CT molecular complexity index is 1420. The zero-order valence-corrected chi connectivity index (χ0v) is 24.7. The summed E-state index contributed by atoms with van der Waals surface area (Å²) in [4.78, 5) is 12.6. The van der Waals surface area contributed by atoms with Crippen LogP contribution in [0, 0.1) is 0 Å². The van der Waals surface area contributed by atoms with Gasteiger partial charge in [-0.1, -0.05) is 164 Å². The van der Waals surface area contributed by atoms with E-state index < -0.39 is 8.32 Å². The average molecular weight is 588 g/mol.